The predicted molar refractivity (Wildman–Crippen MR) is 152 cm³/mol. The van der Waals surface area contributed by atoms with Crippen LogP contribution in [0.5, 0.6) is 0 Å². The van der Waals surface area contributed by atoms with Crippen LogP contribution in [0.25, 0.3) is 10.8 Å². The molecule has 0 radical (unpaired) electrons. The maximum Gasteiger partial charge on any atom is 0.321 e. The molecule has 0 atom stereocenters. The third-order valence-electron chi connectivity index (χ3n) is 7.67. The number of piperidine rings is 1. The number of nitrogens with one attached hydrogen (secondary N) is 2. The summed E-state index contributed by atoms with van der Waals surface area (Å²) in [6.45, 7) is 2.27. The Morgan fingerprint density at radius 3 is 2.44 bits per heavy atom. The summed E-state index contributed by atoms with van der Waals surface area (Å²) in [5.41, 5.74) is 0.903. The molecular formula is C30H35N5O4. The number of para-hydroxylation sites is 1. The molecule has 0 bridgehead atoms. The minimum Gasteiger partial charge on any atom is -0.385 e. The molecule has 5 rings (SSSR count). The van der Waals surface area contributed by atoms with Crippen molar-refractivity contribution in [1.82, 2.24) is 15.1 Å². The maximum atomic E-state index is 13.9. The standard InChI is InChI=1S/C30H35N5O4/c1-39-20-8-17-31-27(36)21-34-22-35(24-11-3-2-4-12-24)30(28(34)37)15-18-33(19-16-30)29(38)32-26-14-7-10-23-9-5-6-13-25(23)26/h2-7,9-14H,8,15-22H2,1H3,(H,31,36)(H,32,38). The smallest absolute Gasteiger partial charge is 0.321 e. The summed E-state index contributed by atoms with van der Waals surface area (Å²) in [6.07, 6.45) is 1.68. The molecule has 4 amide bonds. The van der Waals surface area contributed by atoms with Crippen LogP contribution in [0.15, 0.2) is 72.8 Å². The Bertz CT molecular complexity index is 1320. The number of rotatable bonds is 8. The molecule has 3 aromatic rings. The van der Waals surface area contributed by atoms with Crippen LogP contribution in [0.3, 0.4) is 0 Å². The topological polar surface area (TPSA) is 94.2 Å². The van der Waals surface area contributed by atoms with Gasteiger partial charge in [-0.05, 0) is 42.8 Å². The van der Waals surface area contributed by atoms with E-state index in [1.807, 2.05) is 72.8 Å². The number of hydrogen-bond donors (Lipinski definition) is 2. The van der Waals surface area contributed by atoms with E-state index >= 15 is 0 Å². The van der Waals surface area contributed by atoms with Crippen molar-refractivity contribution in [3.05, 3.63) is 72.8 Å². The van der Waals surface area contributed by atoms with E-state index in [1.54, 1.807) is 16.9 Å². The lowest BCUT2D eigenvalue weighted by atomic mass is 9.85. The molecule has 9 heteroatoms. The highest BCUT2D eigenvalue weighted by molar-refractivity contribution is 6.02. The van der Waals surface area contributed by atoms with Crippen molar-refractivity contribution in [3.63, 3.8) is 0 Å². The van der Waals surface area contributed by atoms with Gasteiger partial charge in [-0.2, -0.15) is 0 Å². The Hall–Kier alpha value is -4.11. The van der Waals surface area contributed by atoms with Crippen LogP contribution in [-0.4, -0.2) is 79.7 Å². The van der Waals surface area contributed by atoms with Crippen molar-refractivity contribution >= 4 is 40.0 Å². The number of urea groups is 1. The van der Waals surface area contributed by atoms with Gasteiger partial charge in [-0.15, -0.1) is 0 Å². The minimum absolute atomic E-state index is 0.00216. The minimum atomic E-state index is -0.798. The van der Waals surface area contributed by atoms with Gasteiger partial charge in [0, 0.05) is 44.4 Å². The highest BCUT2D eigenvalue weighted by Crippen LogP contribution is 2.39. The van der Waals surface area contributed by atoms with Gasteiger partial charge in [-0.25, -0.2) is 4.79 Å². The van der Waals surface area contributed by atoms with E-state index < -0.39 is 5.54 Å². The van der Waals surface area contributed by atoms with Gasteiger partial charge >= 0.3 is 6.03 Å². The maximum absolute atomic E-state index is 13.9. The molecule has 2 aliphatic rings. The summed E-state index contributed by atoms with van der Waals surface area (Å²) in [6, 6.07) is 23.4. The Balaban J connectivity index is 1.28. The van der Waals surface area contributed by atoms with Gasteiger partial charge in [-0.1, -0.05) is 54.6 Å². The number of hydrogen-bond acceptors (Lipinski definition) is 5. The third-order valence-corrected chi connectivity index (χ3v) is 7.67. The first-order valence-electron chi connectivity index (χ1n) is 13.4. The summed E-state index contributed by atoms with van der Waals surface area (Å²) in [5, 5.41) is 7.99. The van der Waals surface area contributed by atoms with Crippen LogP contribution >= 0.6 is 0 Å². The van der Waals surface area contributed by atoms with E-state index in [-0.39, 0.29) is 24.4 Å². The van der Waals surface area contributed by atoms with Gasteiger partial charge in [0.2, 0.25) is 5.91 Å². The molecule has 0 aliphatic carbocycles. The SMILES string of the molecule is COCCCNC(=O)CN1CN(c2ccccc2)C2(CCN(C(=O)Nc3cccc4ccccc34)CC2)C1=O. The van der Waals surface area contributed by atoms with Crippen molar-refractivity contribution in [2.45, 2.75) is 24.8 Å². The summed E-state index contributed by atoms with van der Waals surface area (Å²) < 4.78 is 5.03. The molecule has 3 aromatic carbocycles. The fourth-order valence-electron chi connectivity index (χ4n) is 5.60. The van der Waals surface area contributed by atoms with E-state index in [1.165, 1.54) is 0 Å². The number of fused-ring (bicyclic) bond motifs is 1. The summed E-state index contributed by atoms with van der Waals surface area (Å²) >= 11 is 0. The average molecular weight is 530 g/mol. The van der Waals surface area contributed by atoms with Crippen molar-refractivity contribution in [3.8, 4) is 0 Å². The van der Waals surface area contributed by atoms with Crippen molar-refractivity contribution in [2.75, 3.05) is 56.8 Å². The molecule has 2 N–H and O–H groups in total. The zero-order valence-electron chi connectivity index (χ0n) is 22.3. The highest BCUT2D eigenvalue weighted by Gasteiger charge is 2.54. The highest BCUT2D eigenvalue weighted by atomic mass is 16.5. The predicted octanol–water partition coefficient (Wildman–Crippen LogP) is 3.67. The number of nitrogens with zero attached hydrogens (tertiary/aromatic N) is 3. The van der Waals surface area contributed by atoms with Crippen LogP contribution < -0.4 is 15.5 Å². The fraction of sp³-hybridized carbons (Fsp3) is 0.367. The summed E-state index contributed by atoms with van der Waals surface area (Å²) in [5.74, 6) is -0.246. The lowest BCUT2D eigenvalue weighted by Gasteiger charge is -2.43. The zero-order valence-corrected chi connectivity index (χ0v) is 22.3. The summed E-state index contributed by atoms with van der Waals surface area (Å²) in [4.78, 5) is 45.2. The monoisotopic (exact) mass is 529 g/mol. The molecule has 0 aromatic heterocycles. The van der Waals surface area contributed by atoms with Crippen molar-refractivity contribution in [1.29, 1.82) is 0 Å². The first-order valence-corrected chi connectivity index (χ1v) is 13.4. The second-order valence-corrected chi connectivity index (χ2v) is 10.1. The molecule has 2 aliphatic heterocycles. The number of likely N-dealkylation sites (tertiary alicyclic amines) is 1. The Morgan fingerprint density at radius 1 is 0.949 bits per heavy atom. The van der Waals surface area contributed by atoms with Crippen LogP contribution in [0, 0.1) is 0 Å². The van der Waals surface area contributed by atoms with E-state index in [9.17, 15) is 14.4 Å². The van der Waals surface area contributed by atoms with Crippen molar-refractivity contribution in [2.24, 2.45) is 0 Å². The molecule has 39 heavy (non-hydrogen) atoms. The largest absolute Gasteiger partial charge is 0.385 e. The molecule has 2 saturated heterocycles. The number of methoxy groups -OCH3 is 1. The van der Waals surface area contributed by atoms with Gasteiger partial charge in [0.25, 0.3) is 5.91 Å². The number of carbonyl (C=O) groups excluding carboxylic acids is 3. The lowest BCUT2D eigenvalue weighted by molar-refractivity contribution is -0.137. The number of amides is 4. The Morgan fingerprint density at radius 2 is 1.67 bits per heavy atom. The number of benzene rings is 3. The molecule has 204 valence electrons. The lowest BCUT2D eigenvalue weighted by Crippen LogP contribution is -2.58. The van der Waals surface area contributed by atoms with Gasteiger partial charge < -0.3 is 30.1 Å². The van der Waals surface area contributed by atoms with Crippen LogP contribution in [0.1, 0.15) is 19.3 Å². The van der Waals surface area contributed by atoms with Gasteiger partial charge in [-0.3, -0.25) is 9.59 Å². The molecule has 9 nitrogen and oxygen atoms in total. The second-order valence-electron chi connectivity index (χ2n) is 10.1. The molecule has 2 heterocycles. The Labute approximate surface area is 228 Å². The number of carbonyl (C=O) groups is 3. The van der Waals surface area contributed by atoms with E-state index in [0.29, 0.717) is 52.2 Å². The molecule has 2 fully saturated rings. The summed E-state index contributed by atoms with van der Waals surface area (Å²) in [7, 11) is 1.63. The fourth-order valence-corrected chi connectivity index (χ4v) is 5.60. The number of anilines is 2. The second kappa shape index (κ2) is 11.7. The molecular weight excluding hydrogens is 494 g/mol. The quantitative estimate of drug-likeness (QED) is 0.435. The molecule has 1 spiro atoms. The number of ether oxygens (including phenoxy) is 1. The van der Waals surface area contributed by atoms with Gasteiger partial charge in [0.05, 0.1) is 12.4 Å². The first-order chi connectivity index (χ1) is 19.0. The van der Waals surface area contributed by atoms with E-state index in [4.69, 9.17) is 4.74 Å². The van der Waals surface area contributed by atoms with Crippen LogP contribution in [0.4, 0.5) is 16.2 Å². The third kappa shape index (κ3) is 5.54. The van der Waals surface area contributed by atoms with Crippen molar-refractivity contribution < 1.29 is 19.1 Å². The molecule has 0 unspecified atom stereocenters. The zero-order chi connectivity index (χ0) is 27.2. The van der Waals surface area contributed by atoms with Crippen LogP contribution in [-0.2, 0) is 14.3 Å². The van der Waals surface area contributed by atoms with Gasteiger partial charge in [0.1, 0.15) is 12.1 Å². The van der Waals surface area contributed by atoms with E-state index in [2.05, 4.69) is 15.5 Å². The van der Waals surface area contributed by atoms with Gasteiger partial charge in [0.15, 0.2) is 0 Å². The first kappa shape index (κ1) is 26.5. The molecule has 0 saturated carbocycles. The Kier molecular flexibility index (Phi) is 7.97. The van der Waals surface area contributed by atoms with E-state index in [0.717, 1.165) is 22.1 Å². The normalized spacial score (nSPS) is 16.6. The van der Waals surface area contributed by atoms with Crippen LogP contribution in [0.2, 0.25) is 0 Å². The average Bonchev–Trinajstić information content (AvgIpc) is 3.22.